The Labute approximate surface area is 84.7 Å². The van der Waals surface area contributed by atoms with Crippen LogP contribution in [0.4, 0.5) is 8.78 Å². The molecule has 0 radical (unpaired) electrons. The summed E-state index contributed by atoms with van der Waals surface area (Å²) in [5.74, 6) is 0.0480. The molecule has 6 heteroatoms. The highest BCUT2D eigenvalue weighted by Crippen LogP contribution is 2.27. The molecule has 1 N–H and O–H groups in total. The summed E-state index contributed by atoms with van der Waals surface area (Å²) in [4.78, 5) is 3.59. The molecule has 0 amide bonds. The molecule has 15 heavy (non-hydrogen) atoms. The van der Waals surface area contributed by atoms with Crippen LogP contribution in [0.5, 0.6) is 5.75 Å². The maximum Gasteiger partial charge on any atom is 0.266 e. The monoisotopic (exact) mass is 214 g/mol. The second kappa shape index (κ2) is 4.66. The number of pyridine rings is 1. The van der Waals surface area contributed by atoms with Gasteiger partial charge in [-0.25, -0.2) is 13.8 Å². The summed E-state index contributed by atoms with van der Waals surface area (Å²) in [7, 11) is 1.28. The normalized spacial score (nSPS) is 10.1. The highest BCUT2D eigenvalue weighted by molar-refractivity contribution is 5.41. The molecule has 0 atom stereocenters. The molecule has 0 aliphatic rings. The third-order valence-corrected chi connectivity index (χ3v) is 1.80. The molecule has 0 spiro atoms. The second-order valence-electron chi connectivity index (χ2n) is 2.65. The van der Waals surface area contributed by atoms with E-state index in [2.05, 4.69) is 4.98 Å². The number of aromatic nitrogens is 1. The third kappa shape index (κ3) is 2.19. The summed E-state index contributed by atoms with van der Waals surface area (Å²) in [5, 5.41) is 17.4. The fraction of sp³-hybridized carbons (Fsp3) is 0.333. The number of halogens is 2. The van der Waals surface area contributed by atoms with Crippen LogP contribution in [-0.2, 0) is 6.61 Å². The van der Waals surface area contributed by atoms with Crippen LogP contribution in [-0.4, -0.2) is 17.2 Å². The van der Waals surface area contributed by atoms with E-state index in [1.165, 1.54) is 7.11 Å². The van der Waals surface area contributed by atoms with Crippen molar-refractivity contribution >= 4 is 0 Å². The quantitative estimate of drug-likeness (QED) is 0.825. The molecule has 0 aliphatic heterocycles. The molecule has 1 heterocycles. The molecule has 1 aromatic heterocycles. The summed E-state index contributed by atoms with van der Waals surface area (Å²) >= 11 is 0. The maximum atomic E-state index is 12.5. The van der Waals surface area contributed by atoms with Crippen LogP contribution in [0, 0.1) is 11.3 Å². The zero-order chi connectivity index (χ0) is 11.4. The predicted octanol–water partition coefficient (Wildman–Crippen LogP) is 1.39. The third-order valence-electron chi connectivity index (χ3n) is 1.80. The van der Waals surface area contributed by atoms with E-state index in [1.54, 1.807) is 6.07 Å². The van der Waals surface area contributed by atoms with Crippen molar-refractivity contribution in [3.63, 3.8) is 0 Å². The Morgan fingerprint density at radius 1 is 1.67 bits per heavy atom. The smallest absolute Gasteiger partial charge is 0.266 e. The van der Waals surface area contributed by atoms with Gasteiger partial charge in [-0.2, -0.15) is 5.26 Å². The first kappa shape index (κ1) is 11.3. The van der Waals surface area contributed by atoms with Gasteiger partial charge in [0.05, 0.1) is 19.3 Å². The first-order valence-corrected chi connectivity index (χ1v) is 4.01. The lowest BCUT2D eigenvalue weighted by molar-refractivity contribution is 0.150. The second-order valence-corrected chi connectivity index (χ2v) is 2.65. The van der Waals surface area contributed by atoms with Gasteiger partial charge in [-0.3, -0.25) is 0 Å². The molecule has 0 aromatic carbocycles. The Kier molecular flexibility index (Phi) is 3.52. The van der Waals surface area contributed by atoms with E-state index in [9.17, 15) is 8.78 Å². The van der Waals surface area contributed by atoms with Crippen LogP contribution >= 0.6 is 0 Å². The van der Waals surface area contributed by atoms with Gasteiger partial charge in [0.1, 0.15) is 23.2 Å². The van der Waals surface area contributed by atoms with E-state index < -0.39 is 24.3 Å². The SMILES string of the molecule is COc1cc(C(F)F)c(C#N)nc1CO. The number of ether oxygens (including phenoxy) is 1. The summed E-state index contributed by atoms with van der Waals surface area (Å²) in [6.45, 7) is -0.471. The molecule has 0 bridgehead atoms. The number of nitrogens with zero attached hydrogens (tertiary/aromatic N) is 2. The van der Waals surface area contributed by atoms with Gasteiger partial charge >= 0.3 is 0 Å². The van der Waals surface area contributed by atoms with Crippen molar-refractivity contribution in [3.8, 4) is 11.8 Å². The number of rotatable bonds is 3. The van der Waals surface area contributed by atoms with Crippen LogP contribution in [0.15, 0.2) is 6.07 Å². The van der Waals surface area contributed by atoms with Crippen molar-refractivity contribution in [2.45, 2.75) is 13.0 Å². The molecule has 4 nitrogen and oxygen atoms in total. The minimum atomic E-state index is -2.80. The van der Waals surface area contributed by atoms with E-state index in [-0.39, 0.29) is 11.4 Å². The van der Waals surface area contributed by atoms with Gasteiger partial charge in [0.15, 0.2) is 0 Å². The van der Waals surface area contributed by atoms with E-state index >= 15 is 0 Å². The molecule has 80 valence electrons. The van der Waals surface area contributed by atoms with Crippen molar-refractivity contribution in [2.75, 3.05) is 7.11 Å². The lowest BCUT2D eigenvalue weighted by Gasteiger charge is -2.09. The fourth-order valence-electron chi connectivity index (χ4n) is 1.09. The summed E-state index contributed by atoms with van der Waals surface area (Å²) in [5.41, 5.74) is -0.820. The summed E-state index contributed by atoms with van der Waals surface area (Å²) in [6.07, 6.45) is -2.80. The van der Waals surface area contributed by atoms with Crippen molar-refractivity contribution in [1.82, 2.24) is 4.98 Å². The molecule has 1 aromatic rings. The fourth-order valence-corrected chi connectivity index (χ4v) is 1.09. The predicted molar refractivity (Wildman–Crippen MR) is 46.4 cm³/mol. The average Bonchev–Trinajstić information content (AvgIpc) is 2.26. The van der Waals surface area contributed by atoms with Crippen molar-refractivity contribution < 1.29 is 18.6 Å². The number of aliphatic hydroxyl groups excluding tert-OH is 1. The van der Waals surface area contributed by atoms with E-state index in [1.807, 2.05) is 0 Å². The Morgan fingerprint density at radius 2 is 2.33 bits per heavy atom. The first-order chi connectivity index (χ1) is 7.13. The van der Waals surface area contributed by atoms with Gasteiger partial charge in [-0.05, 0) is 6.07 Å². The minimum absolute atomic E-state index is 0.0480. The Morgan fingerprint density at radius 3 is 2.73 bits per heavy atom. The topological polar surface area (TPSA) is 66.1 Å². The highest BCUT2D eigenvalue weighted by Gasteiger charge is 2.18. The zero-order valence-corrected chi connectivity index (χ0v) is 7.87. The lowest BCUT2D eigenvalue weighted by atomic mass is 10.1. The molecule has 0 saturated carbocycles. The molecule has 1 rings (SSSR count). The maximum absolute atomic E-state index is 12.5. The number of hydrogen-bond donors (Lipinski definition) is 1. The number of alkyl halides is 2. The van der Waals surface area contributed by atoms with Gasteiger partial charge in [0, 0.05) is 0 Å². The Bertz CT molecular complexity index is 402. The molecular weight excluding hydrogens is 206 g/mol. The van der Waals surface area contributed by atoms with Crippen molar-refractivity contribution in [3.05, 3.63) is 23.0 Å². The number of aliphatic hydroxyl groups is 1. The molecule has 0 unspecified atom stereocenters. The van der Waals surface area contributed by atoms with Gasteiger partial charge in [-0.15, -0.1) is 0 Å². The van der Waals surface area contributed by atoms with Gasteiger partial charge in [0.2, 0.25) is 0 Å². The van der Waals surface area contributed by atoms with Gasteiger partial charge < -0.3 is 9.84 Å². The summed E-state index contributed by atoms with van der Waals surface area (Å²) < 4.78 is 29.7. The van der Waals surface area contributed by atoms with Gasteiger partial charge in [-0.1, -0.05) is 0 Å². The minimum Gasteiger partial charge on any atom is -0.495 e. The average molecular weight is 214 g/mol. The Hall–Kier alpha value is -1.74. The van der Waals surface area contributed by atoms with E-state index in [0.717, 1.165) is 6.07 Å². The van der Waals surface area contributed by atoms with E-state index in [4.69, 9.17) is 15.1 Å². The number of nitriles is 1. The highest BCUT2D eigenvalue weighted by atomic mass is 19.3. The number of hydrogen-bond acceptors (Lipinski definition) is 4. The van der Waals surface area contributed by atoms with Crippen LogP contribution in [0.3, 0.4) is 0 Å². The lowest BCUT2D eigenvalue weighted by Crippen LogP contribution is -2.02. The molecule has 0 saturated heterocycles. The molecule has 0 fully saturated rings. The van der Waals surface area contributed by atoms with Crippen molar-refractivity contribution in [2.24, 2.45) is 0 Å². The van der Waals surface area contributed by atoms with Crippen LogP contribution in [0.1, 0.15) is 23.4 Å². The summed E-state index contributed by atoms with van der Waals surface area (Å²) in [6, 6.07) is 2.56. The van der Waals surface area contributed by atoms with Gasteiger partial charge in [0.25, 0.3) is 6.43 Å². The largest absolute Gasteiger partial charge is 0.495 e. The molecular formula is C9H8F2N2O2. The van der Waals surface area contributed by atoms with E-state index in [0.29, 0.717) is 0 Å². The zero-order valence-electron chi connectivity index (χ0n) is 7.87. The molecule has 0 aliphatic carbocycles. The van der Waals surface area contributed by atoms with Crippen LogP contribution in [0.2, 0.25) is 0 Å². The Balaban J connectivity index is 3.36. The van der Waals surface area contributed by atoms with Crippen LogP contribution < -0.4 is 4.74 Å². The van der Waals surface area contributed by atoms with Crippen molar-refractivity contribution in [1.29, 1.82) is 5.26 Å². The standard InChI is InChI=1S/C9H8F2N2O2/c1-15-8-2-5(9(10)11)6(3-12)13-7(8)4-14/h2,9,14H,4H2,1H3. The first-order valence-electron chi connectivity index (χ1n) is 4.01. The van der Waals surface area contributed by atoms with Crippen LogP contribution in [0.25, 0.3) is 0 Å². The number of methoxy groups -OCH3 is 1.